The van der Waals surface area contributed by atoms with Crippen molar-refractivity contribution in [1.29, 1.82) is 0 Å². The summed E-state index contributed by atoms with van der Waals surface area (Å²) in [5, 5.41) is 9.07. The van der Waals surface area contributed by atoms with Gasteiger partial charge in [0.2, 0.25) is 0 Å². The molecule has 0 saturated carbocycles. The van der Waals surface area contributed by atoms with Crippen LogP contribution in [0.1, 0.15) is 15.9 Å². The van der Waals surface area contributed by atoms with Crippen LogP contribution in [0.3, 0.4) is 0 Å². The van der Waals surface area contributed by atoms with Crippen molar-refractivity contribution in [3.8, 4) is 5.75 Å². The molecule has 0 spiro atoms. The van der Waals surface area contributed by atoms with Gasteiger partial charge in [0.1, 0.15) is 5.75 Å². The number of rotatable bonds is 5. The number of nitrogens with zero attached hydrogens (tertiary/aromatic N) is 1. The van der Waals surface area contributed by atoms with Gasteiger partial charge in [0.25, 0.3) is 0 Å². The lowest BCUT2D eigenvalue weighted by Gasteiger charge is -2.22. The van der Waals surface area contributed by atoms with Crippen molar-refractivity contribution < 1.29 is 14.6 Å². The molecule has 5 nitrogen and oxygen atoms in total. The van der Waals surface area contributed by atoms with Crippen molar-refractivity contribution in [1.82, 2.24) is 0 Å². The van der Waals surface area contributed by atoms with Crippen LogP contribution < -0.4 is 15.4 Å². The summed E-state index contributed by atoms with van der Waals surface area (Å²) in [6.45, 7) is 0.567. The van der Waals surface area contributed by atoms with Crippen LogP contribution in [0.5, 0.6) is 5.75 Å². The molecule has 2 aromatic rings. The van der Waals surface area contributed by atoms with Crippen molar-refractivity contribution >= 4 is 17.3 Å². The van der Waals surface area contributed by atoms with Gasteiger partial charge in [-0.25, -0.2) is 4.79 Å². The van der Waals surface area contributed by atoms with Gasteiger partial charge in [0, 0.05) is 19.2 Å². The van der Waals surface area contributed by atoms with E-state index in [1.165, 1.54) is 6.07 Å². The lowest BCUT2D eigenvalue weighted by Crippen LogP contribution is -2.19. The molecule has 5 heteroatoms. The molecular weight excluding hydrogens is 268 g/mol. The van der Waals surface area contributed by atoms with Crippen molar-refractivity contribution in [2.75, 3.05) is 24.8 Å². The maximum absolute atomic E-state index is 11.1. The first-order chi connectivity index (χ1) is 10.0. The highest BCUT2D eigenvalue weighted by molar-refractivity contribution is 5.90. The summed E-state index contributed by atoms with van der Waals surface area (Å²) >= 11 is 0. The SMILES string of the molecule is COc1ccccc1CN(C)c1cc(C(=O)O)ccc1N. The molecule has 3 N–H and O–H groups in total. The summed E-state index contributed by atoms with van der Waals surface area (Å²) < 4.78 is 5.32. The number of methoxy groups -OCH3 is 1. The lowest BCUT2D eigenvalue weighted by atomic mass is 10.1. The number of para-hydroxylation sites is 1. The Labute approximate surface area is 123 Å². The largest absolute Gasteiger partial charge is 0.496 e. The van der Waals surface area contributed by atoms with E-state index in [1.807, 2.05) is 36.2 Å². The third kappa shape index (κ3) is 3.25. The van der Waals surface area contributed by atoms with Gasteiger partial charge in [0.15, 0.2) is 0 Å². The van der Waals surface area contributed by atoms with E-state index in [4.69, 9.17) is 15.6 Å². The Bertz CT molecular complexity index is 656. The minimum Gasteiger partial charge on any atom is -0.496 e. The van der Waals surface area contributed by atoms with E-state index in [1.54, 1.807) is 19.2 Å². The molecule has 2 rings (SSSR count). The fraction of sp³-hybridized carbons (Fsp3) is 0.188. The Morgan fingerprint density at radius 1 is 1.29 bits per heavy atom. The van der Waals surface area contributed by atoms with E-state index in [0.717, 1.165) is 11.3 Å². The third-order valence-corrected chi connectivity index (χ3v) is 3.29. The van der Waals surface area contributed by atoms with Gasteiger partial charge in [-0.3, -0.25) is 0 Å². The number of hydrogen-bond donors (Lipinski definition) is 2. The van der Waals surface area contributed by atoms with Crippen LogP contribution in [-0.2, 0) is 6.54 Å². The molecular formula is C16H18N2O3. The highest BCUT2D eigenvalue weighted by atomic mass is 16.5. The van der Waals surface area contributed by atoms with Gasteiger partial charge in [0.05, 0.1) is 24.0 Å². The molecule has 0 aliphatic heterocycles. The molecule has 2 aromatic carbocycles. The predicted octanol–water partition coefficient (Wildman–Crippen LogP) is 2.61. The van der Waals surface area contributed by atoms with Crippen LogP contribution in [-0.4, -0.2) is 25.2 Å². The summed E-state index contributed by atoms with van der Waals surface area (Å²) in [4.78, 5) is 13.0. The van der Waals surface area contributed by atoms with E-state index in [2.05, 4.69) is 0 Å². The number of nitrogens with two attached hydrogens (primary N) is 1. The number of aromatic carboxylic acids is 1. The number of carbonyl (C=O) groups is 1. The first kappa shape index (κ1) is 14.7. The van der Waals surface area contributed by atoms with Crippen molar-refractivity contribution in [3.05, 3.63) is 53.6 Å². The number of carboxylic acid groups (broad SMARTS) is 1. The van der Waals surface area contributed by atoms with Gasteiger partial charge in [-0.05, 0) is 24.3 Å². The van der Waals surface area contributed by atoms with E-state index in [0.29, 0.717) is 17.9 Å². The standard InChI is InChI=1S/C16H18N2O3/c1-18(10-12-5-3-4-6-15(12)21-2)14-9-11(16(19)20)7-8-13(14)17/h3-9H,10,17H2,1-2H3,(H,19,20). The number of carboxylic acids is 1. The monoisotopic (exact) mass is 286 g/mol. The van der Waals surface area contributed by atoms with Gasteiger partial charge in [-0.15, -0.1) is 0 Å². The maximum atomic E-state index is 11.1. The molecule has 0 heterocycles. The molecule has 21 heavy (non-hydrogen) atoms. The molecule has 0 fully saturated rings. The first-order valence-electron chi connectivity index (χ1n) is 6.48. The molecule has 0 amide bonds. The Balaban J connectivity index is 2.30. The summed E-state index contributed by atoms with van der Waals surface area (Å²) in [7, 11) is 3.49. The van der Waals surface area contributed by atoms with Gasteiger partial charge < -0.3 is 20.5 Å². The number of nitrogen functional groups attached to an aromatic ring is 1. The second kappa shape index (κ2) is 6.17. The minimum atomic E-state index is -0.970. The third-order valence-electron chi connectivity index (χ3n) is 3.29. The van der Waals surface area contributed by atoms with Gasteiger partial charge in [-0.1, -0.05) is 18.2 Å². The van der Waals surface area contributed by atoms with Crippen LogP contribution >= 0.6 is 0 Å². The molecule has 0 aliphatic rings. The molecule has 0 atom stereocenters. The molecule has 0 bridgehead atoms. The average molecular weight is 286 g/mol. The molecule has 0 aromatic heterocycles. The summed E-state index contributed by atoms with van der Waals surface area (Å²) in [6.07, 6.45) is 0. The summed E-state index contributed by atoms with van der Waals surface area (Å²) in [5.41, 5.74) is 8.39. The summed E-state index contributed by atoms with van der Waals surface area (Å²) in [6, 6.07) is 12.4. The van der Waals surface area contributed by atoms with Gasteiger partial charge in [-0.2, -0.15) is 0 Å². The van der Waals surface area contributed by atoms with Gasteiger partial charge >= 0.3 is 5.97 Å². The van der Waals surface area contributed by atoms with E-state index >= 15 is 0 Å². The zero-order valence-electron chi connectivity index (χ0n) is 12.0. The van der Waals surface area contributed by atoms with Crippen LogP contribution in [0.25, 0.3) is 0 Å². The highest BCUT2D eigenvalue weighted by Gasteiger charge is 2.12. The molecule has 0 unspecified atom stereocenters. The molecule has 0 aliphatic carbocycles. The van der Waals surface area contributed by atoms with E-state index in [9.17, 15) is 4.79 Å². The minimum absolute atomic E-state index is 0.214. The number of anilines is 2. The summed E-state index contributed by atoms with van der Waals surface area (Å²) in [5.74, 6) is -0.181. The Kier molecular flexibility index (Phi) is 4.33. The van der Waals surface area contributed by atoms with Crippen molar-refractivity contribution in [2.45, 2.75) is 6.54 Å². The van der Waals surface area contributed by atoms with Crippen LogP contribution in [0.4, 0.5) is 11.4 Å². The lowest BCUT2D eigenvalue weighted by molar-refractivity contribution is 0.0697. The first-order valence-corrected chi connectivity index (χ1v) is 6.48. The topological polar surface area (TPSA) is 75.8 Å². The fourth-order valence-electron chi connectivity index (χ4n) is 2.18. The second-order valence-electron chi connectivity index (χ2n) is 4.75. The molecule has 0 saturated heterocycles. The molecule has 0 radical (unpaired) electrons. The molecule has 110 valence electrons. The zero-order valence-corrected chi connectivity index (χ0v) is 12.0. The highest BCUT2D eigenvalue weighted by Crippen LogP contribution is 2.27. The van der Waals surface area contributed by atoms with Crippen molar-refractivity contribution in [2.24, 2.45) is 0 Å². The smallest absolute Gasteiger partial charge is 0.335 e. The normalized spacial score (nSPS) is 10.2. The quantitative estimate of drug-likeness (QED) is 0.826. The fourth-order valence-corrected chi connectivity index (χ4v) is 2.18. The number of ether oxygens (including phenoxy) is 1. The van der Waals surface area contributed by atoms with Crippen LogP contribution in [0, 0.1) is 0 Å². The Morgan fingerprint density at radius 2 is 2.00 bits per heavy atom. The van der Waals surface area contributed by atoms with E-state index in [-0.39, 0.29) is 5.56 Å². The van der Waals surface area contributed by atoms with Crippen molar-refractivity contribution in [3.63, 3.8) is 0 Å². The average Bonchev–Trinajstić information content (AvgIpc) is 2.47. The Morgan fingerprint density at radius 3 is 2.67 bits per heavy atom. The maximum Gasteiger partial charge on any atom is 0.335 e. The van der Waals surface area contributed by atoms with Crippen LogP contribution in [0.15, 0.2) is 42.5 Å². The van der Waals surface area contributed by atoms with E-state index < -0.39 is 5.97 Å². The number of benzene rings is 2. The second-order valence-corrected chi connectivity index (χ2v) is 4.75. The zero-order chi connectivity index (χ0) is 15.4. The Hall–Kier alpha value is -2.69. The predicted molar refractivity (Wildman–Crippen MR) is 82.9 cm³/mol. The number of hydrogen-bond acceptors (Lipinski definition) is 4. The van der Waals surface area contributed by atoms with Crippen LogP contribution in [0.2, 0.25) is 0 Å².